The average Bonchev–Trinajstić information content (AvgIpc) is 3.02. The van der Waals surface area contributed by atoms with Crippen molar-refractivity contribution in [1.29, 1.82) is 0 Å². The molecule has 5 atom stereocenters. The Balaban J connectivity index is 1.66. The minimum absolute atomic E-state index is 0.0166. The average molecular weight is 234 g/mol. The smallest absolute Gasteiger partial charge is 0.276 e. The summed E-state index contributed by atoms with van der Waals surface area (Å²) in [6, 6.07) is 1.60. The van der Waals surface area contributed by atoms with Gasteiger partial charge in [-0.15, -0.1) is 0 Å². The lowest BCUT2D eigenvalue weighted by molar-refractivity contribution is 0.0395. The molecule has 1 aromatic heterocycles. The summed E-state index contributed by atoms with van der Waals surface area (Å²) >= 11 is 0. The molecule has 90 valence electrons. The Morgan fingerprint density at radius 3 is 3.06 bits per heavy atom. The van der Waals surface area contributed by atoms with Crippen molar-refractivity contribution in [3.05, 3.63) is 18.0 Å². The second-order valence-corrected chi connectivity index (χ2v) is 5.48. The number of nitrogens with zero attached hydrogens (tertiary/aromatic N) is 2. The fourth-order valence-corrected chi connectivity index (χ4v) is 4.12. The number of fused-ring (bicyclic) bond motifs is 1. The number of aromatic nitrogens is 1. The number of aliphatic hydroxyl groups is 1. The third-order valence-electron chi connectivity index (χ3n) is 4.77. The number of aliphatic hydroxyl groups excluding tert-OH is 1. The van der Waals surface area contributed by atoms with E-state index in [1.807, 2.05) is 4.90 Å². The summed E-state index contributed by atoms with van der Waals surface area (Å²) in [6.07, 6.45) is 3.23. The lowest BCUT2D eigenvalue weighted by Crippen LogP contribution is -2.43. The summed E-state index contributed by atoms with van der Waals surface area (Å²) in [5, 5.41) is 13.9. The summed E-state index contributed by atoms with van der Waals surface area (Å²) in [4.78, 5) is 14.1. The van der Waals surface area contributed by atoms with Gasteiger partial charge in [0.2, 0.25) is 0 Å². The van der Waals surface area contributed by atoms with Gasteiger partial charge in [-0.05, 0) is 30.6 Å². The maximum Gasteiger partial charge on any atom is 0.276 e. The van der Waals surface area contributed by atoms with Crippen LogP contribution in [0.5, 0.6) is 0 Å². The standard InChI is InChI=1S/C12H14N2O3/c15-11-6-3-7-5-14(10(11)8(7)4-6)12(16)9-1-2-17-13-9/h1-2,6-8,10-11,15H,3-5H2. The van der Waals surface area contributed by atoms with Gasteiger partial charge in [0.05, 0.1) is 12.1 Å². The molecular weight excluding hydrogens is 220 g/mol. The van der Waals surface area contributed by atoms with Crippen molar-refractivity contribution in [2.45, 2.75) is 25.0 Å². The number of hydrogen-bond donors (Lipinski definition) is 1. The lowest BCUT2D eigenvalue weighted by atomic mass is 9.88. The molecule has 5 nitrogen and oxygen atoms in total. The predicted molar refractivity (Wildman–Crippen MR) is 57.0 cm³/mol. The van der Waals surface area contributed by atoms with Crippen LogP contribution in [-0.2, 0) is 0 Å². The highest BCUT2D eigenvalue weighted by molar-refractivity contribution is 5.92. The van der Waals surface area contributed by atoms with Crippen LogP contribution in [0.3, 0.4) is 0 Å². The number of hydrogen-bond acceptors (Lipinski definition) is 4. The van der Waals surface area contributed by atoms with E-state index in [0.717, 1.165) is 19.4 Å². The predicted octanol–water partition coefficient (Wildman–Crippen LogP) is 0.516. The van der Waals surface area contributed by atoms with Crippen LogP contribution in [0.4, 0.5) is 0 Å². The van der Waals surface area contributed by atoms with Gasteiger partial charge in [-0.3, -0.25) is 4.79 Å². The molecule has 17 heavy (non-hydrogen) atoms. The molecule has 3 fully saturated rings. The minimum Gasteiger partial charge on any atom is -0.391 e. The highest BCUT2D eigenvalue weighted by atomic mass is 16.5. The lowest BCUT2D eigenvalue weighted by Gasteiger charge is -2.28. The highest BCUT2D eigenvalue weighted by Gasteiger charge is 2.60. The summed E-state index contributed by atoms with van der Waals surface area (Å²) < 4.78 is 4.71. The number of carbonyl (C=O) groups is 1. The molecule has 1 aliphatic heterocycles. The summed E-state index contributed by atoms with van der Waals surface area (Å²) in [5.41, 5.74) is 0.349. The normalized spacial score (nSPS) is 42.4. The van der Waals surface area contributed by atoms with Crippen LogP contribution in [0.1, 0.15) is 23.3 Å². The molecule has 1 aromatic rings. The third kappa shape index (κ3) is 1.12. The van der Waals surface area contributed by atoms with Gasteiger partial charge in [-0.25, -0.2) is 0 Å². The van der Waals surface area contributed by atoms with Gasteiger partial charge in [-0.1, -0.05) is 5.16 Å². The zero-order valence-electron chi connectivity index (χ0n) is 9.32. The Morgan fingerprint density at radius 1 is 1.47 bits per heavy atom. The second-order valence-electron chi connectivity index (χ2n) is 5.48. The van der Waals surface area contributed by atoms with Crippen LogP contribution in [0, 0.1) is 17.8 Å². The summed E-state index contributed by atoms with van der Waals surface area (Å²) in [5.74, 6) is 1.40. The van der Waals surface area contributed by atoms with Crippen LogP contribution < -0.4 is 0 Å². The first-order chi connectivity index (χ1) is 8.25. The van der Waals surface area contributed by atoms with E-state index < -0.39 is 0 Å². The van der Waals surface area contributed by atoms with Gasteiger partial charge < -0.3 is 14.5 Å². The van der Waals surface area contributed by atoms with Crippen molar-refractivity contribution in [3.63, 3.8) is 0 Å². The van der Waals surface area contributed by atoms with Crippen molar-refractivity contribution < 1.29 is 14.4 Å². The Labute approximate surface area is 98.4 Å². The molecule has 1 amide bonds. The molecule has 4 rings (SSSR count). The Bertz CT molecular complexity index is 456. The van der Waals surface area contributed by atoms with Crippen molar-refractivity contribution in [1.82, 2.24) is 10.1 Å². The van der Waals surface area contributed by atoms with E-state index in [-0.39, 0.29) is 18.1 Å². The Kier molecular flexibility index (Phi) is 1.76. The topological polar surface area (TPSA) is 66.6 Å². The quantitative estimate of drug-likeness (QED) is 0.769. The van der Waals surface area contributed by atoms with Gasteiger partial charge >= 0.3 is 0 Å². The fraction of sp³-hybridized carbons (Fsp3) is 0.667. The molecule has 5 unspecified atom stereocenters. The fourth-order valence-electron chi connectivity index (χ4n) is 4.12. The van der Waals surface area contributed by atoms with Crippen molar-refractivity contribution >= 4 is 5.91 Å². The Morgan fingerprint density at radius 2 is 2.35 bits per heavy atom. The van der Waals surface area contributed by atoms with Crippen molar-refractivity contribution in [2.75, 3.05) is 6.54 Å². The second kappa shape index (κ2) is 3.10. The molecule has 1 saturated heterocycles. The first kappa shape index (κ1) is 9.65. The van der Waals surface area contributed by atoms with Gasteiger partial charge in [0.25, 0.3) is 5.91 Å². The molecule has 0 aromatic carbocycles. The van der Waals surface area contributed by atoms with E-state index in [2.05, 4.69) is 5.16 Å². The molecule has 3 aliphatic rings. The van der Waals surface area contributed by atoms with Crippen molar-refractivity contribution in [3.8, 4) is 0 Å². The van der Waals surface area contributed by atoms with Crippen molar-refractivity contribution in [2.24, 2.45) is 17.8 Å². The minimum atomic E-state index is -0.338. The first-order valence-electron chi connectivity index (χ1n) is 6.15. The molecule has 2 bridgehead atoms. The van der Waals surface area contributed by atoms with Crippen LogP contribution in [0.15, 0.2) is 16.9 Å². The molecule has 0 radical (unpaired) electrons. The van der Waals surface area contributed by atoms with E-state index in [4.69, 9.17) is 4.52 Å². The number of rotatable bonds is 1. The molecule has 1 N–H and O–H groups in total. The van der Waals surface area contributed by atoms with E-state index in [1.165, 1.54) is 6.26 Å². The largest absolute Gasteiger partial charge is 0.391 e. The van der Waals surface area contributed by atoms with Gasteiger partial charge in [0.1, 0.15) is 6.26 Å². The first-order valence-corrected chi connectivity index (χ1v) is 6.15. The van der Waals surface area contributed by atoms with Crippen LogP contribution in [-0.4, -0.2) is 39.8 Å². The molecule has 2 heterocycles. The van der Waals surface area contributed by atoms with Crippen LogP contribution in [0.25, 0.3) is 0 Å². The summed E-state index contributed by atoms with van der Waals surface area (Å²) in [6.45, 7) is 0.772. The Hall–Kier alpha value is -1.36. The number of likely N-dealkylation sites (tertiary alicyclic amines) is 1. The summed E-state index contributed by atoms with van der Waals surface area (Å²) in [7, 11) is 0. The maximum atomic E-state index is 12.3. The zero-order valence-corrected chi connectivity index (χ0v) is 9.32. The van der Waals surface area contributed by atoms with Gasteiger partial charge in [0.15, 0.2) is 5.69 Å². The molecular formula is C12H14N2O3. The molecule has 2 saturated carbocycles. The monoisotopic (exact) mass is 234 g/mol. The van der Waals surface area contributed by atoms with E-state index in [0.29, 0.717) is 23.4 Å². The third-order valence-corrected chi connectivity index (χ3v) is 4.77. The van der Waals surface area contributed by atoms with Gasteiger partial charge in [-0.2, -0.15) is 0 Å². The van der Waals surface area contributed by atoms with E-state index >= 15 is 0 Å². The van der Waals surface area contributed by atoms with Gasteiger partial charge in [0, 0.05) is 12.6 Å². The maximum absolute atomic E-state index is 12.3. The number of amides is 1. The SMILES string of the molecule is O=C(c1ccon1)N1CC2CC3CC2C1C3O. The highest BCUT2D eigenvalue weighted by Crippen LogP contribution is 2.55. The zero-order chi connectivity index (χ0) is 11.6. The van der Waals surface area contributed by atoms with Crippen LogP contribution in [0.2, 0.25) is 0 Å². The molecule has 0 spiro atoms. The van der Waals surface area contributed by atoms with Crippen LogP contribution >= 0.6 is 0 Å². The van der Waals surface area contributed by atoms with E-state index in [1.54, 1.807) is 6.07 Å². The number of carbonyl (C=O) groups excluding carboxylic acids is 1. The molecule has 5 heteroatoms. The van der Waals surface area contributed by atoms with E-state index in [9.17, 15) is 9.90 Å². The molecule has 2 aliphatic carbocycles.